The molecule has 0 fully saturated rings. The normalized spacial score (nSPS) is 12.7. The van der Waals surface area contributed by atoms with Crippen LogP contribution in [0, 0.1) is 12.7 Å². The molecule has 1 rings (SSSR count). The number of unbranched alkanes of at least 4 members (excludes halogenated alkanes) is 1. The molecule has 0 aromatic heterocycles. The van der Waals surface area contributed by atoms with Crippen molar-refractivity contribution in [2.24, 2.45) is 4.99 Å². The molecule has 0 saturated heterocycles. The average Bonchev–Trinajstić information content (AvgIpc) is 2.60. The summed E-state index contributed by atoms with van der Waals surface area (Å²) in [5.41, 5.74) is 1.60. The minimum Gasteiger partial charge on any atom is -0.357 e. The molecular formula is C20H36FIN4. The lowest BCUT2D eigenvalue weighted by molar-refractivity contribution is 0.297. The van der Waals surface area contributed by atoms with Gasteiger partial charge in [-0.2, -0.15) is 0 Å². The van der Waals surface area contributed by atoms with Gasteiger partial charge in [0.25, 0.3) is 0 Å². The zero-order chi connectivity index (χ0) is 18.7. The van der Waals surface area contributed by atoms with E-state index in [1.54, 1.807) is 13.0 Å². The van der Waals surface area contributed by atoms with Crippen LogP contribution < -0.4 is 10.6 Å². The molecule has 0 spiro atoms. The molecule has 0 heterocycles. The molecule has 0 bridgehead atoms. The first-order valence-corrected chi connectivity index (χ1v) is 9.55. The standard InChI is InChI=1S/C20H35FN4.HI/c1-6-22-20(23-13-9-10-14-25(7-2)8-3)24-17(5)18-12-11-16(4)19(21)15-18;/h11-12,15,17H,6-10,13-14H2,1-5H3,(H2,22,23,24);1H. The summed E-state index contributed by atoms with van der Waals surface area (Å²) in [6.07, 6.45) is 2.23. The first-order valence-electron chi connectivity index (χ1n) is 9.55. The summed E-state index contributed by atoms with van der Waals surface area (Å²) in [6, 6.07) is 5.38. The predicted octanol–water partition coefficient (Wildman–Crippen LogP) is 4.49. The van der Waals surface area contributed by atoms with Crippen molar-refractivity contribution in [3.63, 3.8) is 0 Å². The van der Waals surface area contributed by atoms with Crippen LogP contribution >= 0.6 is 24.0 Å². The average molecular weight is 478 g/mol. The Hall–Kier alpha value is -0.890. The van der Waals surface area contributed by atoms with Gasteiger partial charge in [-0.05, 0) is 70.4 Å². The largest absolute Gasteiger partial charge is 0.357 e. The molecule has 1 atom stereocenters. The van der Waals surface area contributed by atoms with Gasteiger partial charge in [-0.3, -0.25) is 4.99 Å². The van der Waals surface area contributed by atoms with Crippen molar-refractivity contribution in [1.82, 2.24) is 15.5 Å². The van der Waals surface area contributed by atoms with Gasteiger partial charge in [0, 0.05) is 13.1 Å². The summed E-state index contributed by atoms with van der Waals surface area (Å²) < 4.78 is 13.8. The fourth-order valence-corrected chi connectivity index (χ4v) is 2.66. The first-order chi connectivity index (χ1) is 12.0. The summed E-state index contributed by atoms with van der Waals surface area (Å²) in [4.78, 5) is 7.08. The number of aryl methyl sites for hydroxylation is 1. The number of hydrogen-bond acceptors (Lipinski definition) is 2. The summed E-state index contributed by atoms with van der Waals surface area (Å²) in [5.74, 6) is 0.628. The number of nitrogens with zero attached hydrogens (tertiary/aromatic N) is 2. The van der Waals surface area contributed by atoms with E-state index >= 15 is 0 Å². The van der Waals surface area contributed by atoms with E-state index in [1.165, 1.54) is 0 Å². The SMILES string of the molecule is CCNC(=NCCCCN(CC)CC)NC(C)c1ccc(C)c(F)c1.I. The third-order valence-electron chi connectivity index (χ3n) is 4.44. The Balaban J connectivity index is 0.00000625. The number of aliphatic imine (C=N–C) groups is 1. The third kappa shape index (κ3) is 9.16. The highest BCUT2D eigenvalue weighted by Crippen LogP contribution is 2.16. The van der Waals surface area contributed by atoms with Crippen LogP contribution in [0.25, 0.3) is 0 Å². The fourth-order valence-electron chi connectivity index (χ4n) is 2.66. The maximum Gasteiger partial charge on any atom is 0.191 e. The smallest absolute Gasteiger partial charge is 0.191 e. The van der Waals surface area contributed by atoms with E-state index in [4.69, 9.17) is 0 Å². The van der Waals surface area contributed by atoms with Crippen LogP contribution in [-0.4, -0.2) is 43.6 Å². The lowest BCUT2D eigenvalue weighted by Gasteiger charge is -2.19. The summed E-state index contributed by atoms with van der Waals surface area (Å²) in [6.45, 7) is 15.2. The minimum absolute atomic E-state index is 0. The van der Waals surface area contributed by atoms with Gasteiger partial charge in [0.05, 0.1) is 6.04 Å². The quantitative estimate of drug-likeness (QED) is 0.225. The Morgan fingerprint density at radius 2 is 1.88 bits per heavy atom. The van der Waals surface area contributed by atoms with Crippen LogP contribution in [0.4, 0.5) is 4.39 Å². The van der Waals surface area contributed by atoms with Gasteiger partial charge in [-0.25, -0.2) is 4.39 Å². The molecule has 6 heteroatoms. The van der Waals surface area contributed by atoms with Crippen molar-refractivity contribution >= 4 is 29.9 Å². The van der Waals surface area contributed by atoms with E-state index in [2.05, 4.69) is 34.4 Å². The molecule has 0 amide bonds. The molecular weight excluding hydrogens is 442 g/mol. The van der Waals surface area contributed by atoms with Crippen LogP contribution in [-0.2, 0) is 0 Å². The number of benzene rings is 1. The Kier molecular flexibility index (Phi) is 13.7. The molecule has 0 radical (unpaired) electrons. The molecule has 0 saturated carbocycles. The maximum atomic E-state index is 13.8. The lowest BCUT2D eigenvalue weighted by Crippen LogP contribution is -2.38. The van der Waals surface area contributed by atoms with Gasteiger partial charge in [0.2, 0.25) is 0 Å². The Morgan fingerprint density at radius 1 is 1.19 bits per heavy atom. The van der Waals surface area contributed by atoms with Crippen molar-refractivity contribution in [1.29, 1.82) is 0 Å². The Labute approximate surface area is 176 Å². The second kappa shape index (κ2) is 14.2. The number of hydrogen-bond donors (Lipinski definition) is 2. The molecule has 2 N–H and O–H groups in total. The van der Waals surface area contributed by atoms with Crippen molar-refractivity contribution < 1.29 is 4.39 Å². The van der Waals surface area contributed by atoms with Gasteiger partial charge in [-0.1, -0.05) is 26.0 Å². The van der Waals surface area contributed by atoms with Gasteiger partial charge in [-0.15, -0.1) is 24.0 Å². The third-order valence-corrected chi connectivity index (χ3v) is 4.44. The summed E-state index contributed by atoms with van der Waals surface area (Å²) >= 11 is 0. The highest BCUT2D eigenvalue weighted by atomic mass is 127. The van der Waals surface area contributed by atoms with Gasteiger partial charge in [0.1, 0.15) is 5.82 Å². The topological polar surface area (TPSA) is 39.7 Å². The van der Waals surface area contributed by atoms with E-state index in [9.17, 15) is 4.39 Å². The van der Waals surface area contributed by atoms with Gasteiger partial charge in [0.15, 0.2) is 5.96 Å². The zero-order valence-corrected chi connectivity index (χ0v) is 19.3. The van der Waals surface area contributed by atoms with Crippen molar-refractivity contribution in [3.05, 3.63) is 35.1 Å². The van der Waals surface area contributed by atoms with E-state index in [0.29, 0.717) is 5.56 Å². The molecule has 150 valence electrons. The molecule has 1 aromatic carbocycles. The second-order valence-electron chi connectivity index (χ2n) is 6.37. The molecule has 0 aliphatic carbocycles. The number of nitrogens with one attached hydrogen (secondary N) is 2. The van der Waals surface area contributed by atoms with Crippen LogP contribution in [0.3, 0.4) is 0 Å². The lowest BCUT2D eigenvalue weighted by atomic mass is 10.1. The number of guanidine groups is 1. The van der Waals surface area contributed by atoms with E-state index in [-0.39, 0.29) is 35.8 Å². The van der Waals surface area contributed by atoms with E-state index < -0.39 is 0 Å². The van der Waals surface area contributed by atoms with Crippen LogP contribution in [0.5, 0.6) is 0 Å². The molecule has 1 unspecified atom stereocenters. The Bertz CT molecular complexity index is 533. The van der Waals surface area contributed by atoms with Crippen molar-refractivity contribution in [3.8, 4) is 0 Å². The van der Waals surface area contributed by atoms with E-state index in [0.717, 1.165) is 57.1 Å². The van der Waals surface area contributed by atoms with Gasteiger partial charge >= 0.3 is 0 Å². The Morgan fingerprint density at radius 3 is 2.46 bits per heavy atom. The zero-order valence-electron chi connectivity index (χ0n) is 16.9. The molecule has 1 aromatic rings. The van der Waals surface area contributed by atoms with Gasteiger partial charge < -0.3 is 15.5 Å². The molecule has 26 heavy (non-hydrogen) atoms. The van der Waals surface area contributed by atoms with Crippen LogP contribution in [0.1, 0.15) is 57.7 Å². The predicted molar refractivity (Wildman–Crippen MR) is 121 cm³/mol. The molecule has 4 nitrogen and oxygen atoms in total. The number of halogens is 2. The van der Waals surface area contributed by atoms with Crippen LogP contribution in [0.15, 0.2) is 23.2 Å². The highest BCUT2D eigenvalue weighted by molar-refractivity contribution is 14.0. The van der Waals surface area contributed by atoms with Crippen molar-refractivity contribution in [2.45, 2.75) is 53.5 Å². The maximum absolute atomic E-state index is 13.8. The second-order valence-corrected chi connectivity index (χ2v) is 6.37. The monoisotopic (exact) mass is 478 g/mol. The summed E-state index contributed by atoms with van der Waals surface area (Å²) in [5, 5.41) is 6.63. The minimum atomic E-state index is -0.163. The number of rotatable bonds is 10. The van der Waals surface area contributed by atoms with Crippen LogP contribution in [0.2, 0.25) is 0 Å². The van der Waals surface area contributed by atoms with E-state index in [1.807, 2.05) is 26.0 Å². The highest BCUT2D eigenvalue weighted by Gasteiger charge is 2.09. The summed E-state index contributed by atoms with van der Waals surface area (Å²) in [7, 11) is 0. The first kappa shape index (κ1) is 25.1. The van der Waals surface area contributed by atoms with Crippen molar-refractivity contribution in [2.75, 3.05) is 32.7 Å². The molecule has 0 aliphatic heterocycles. The fraction of sp³-hybridized carbons (Fsp3) is 0.650. The molecule has 0 aliphatic rings.